The van der Waals surface area contributed by atoms with E-state index in [-0.39, 0.29) is 17.0 Å². The van der Waals surface area contributed by atoms with Crippen LogP contribution in [0, 0.1) is 23.3 Å². The Hall–Kier alpha value is -2.87. The van der Waals surface area contributed by atoms with Crippen LogP contribution in [0.1, 0.15) is 5.56 Å². The molecule has 3 aromatic rings. The van der Waals surface area contributed by atoms with Gasteiger partial charge in [0.2, 0.25) is 5.91 Å². The molecule has 0 spiro atoms. The molecular weight excluding hydrogens is 346 g/mol. The molecule has 5 nitrogen and oxygen atoms in total. The van der Waals surface area contributed by atoms with Gasteiger partial charge >= 0.3 is 0 Å². The average Bonchev–Trinajstić information content (AvgIpc) is 2.93. The van der Waals surface area contributed by atoms with Crippen LogP contribution in [0.15, 0.2) is 42.5 Å². The average molecular weight is 360 g/mol. The molecule has 0 aliphatic carbocycles. The van der Waals surface area contributed by atoms with Gasteiger partial charge in [0.25, 0.3) is 0 Å². The normalized spacial score (nSPS) is 10.7. The number of aromatic amines is 1. The second kappa shape index (κ2) is 6.94. The third kappa shape index (κ3) is 3.80. The number of hydrogen-bond acceptors (Lipinski definition) is 3. The highest BCUT2D eigenvalue weighted by Gasteiger charge is 2.13. The van der Waals surface area contributed by atoms with Crippen molar-refractivity contribution in [2.45, 2.75) is 13.5 Å². The minimum absolute atomic E-state index is 0.114. The molecule has 8 heteroatoms. The topological polar surface area (TPSA) is 62.7 Å². The highest BCUT2D eigenvalue weighted by Crippen LogP contribution is 2.18. The summed E-state index contributed by atoms with van der Waals surface area (Å²) in [6, 6.07) is 10.8. The Bertz CT molecular complexity index is 979. The zero-order chi connectivity index (χ0) is 18.0. The number of nitrogens with one attached hydrogen (secondary N) is 2. The van der Waals surface area contributed by atoms with Crippen molar-refractivity contribution in [1.29, 1.82) is 0 Å². The highest BCUT2D eigenvalue weighted by atomic mass is 32.1. The Morgan fingerprint density at radius 2 is 1.92 bits per heavy atom. The van der Waals surface area contributed by atoms with Gasteiger partial charge in [-0.25, -0.2) is 8.78 Å². The molecule has 0 bridgehead atoms. The molecule has 1 amide bonds. The van der Waals surface area contributed by atoms with E-state index >= 15 is 0 Å². The third-order valence-electron chi connectivity index (χ3n) is 3.57. The summed E-state index contributed by atoms with van der Waals surface area (Å²) in [4.78, 5) is 12.2. The zero-order valence-corrected chi connectivity index (χ0v) is 14.0. The van der Waals surface area contributed by atoms with Crippen LogP contribution in [0.5, 0.6) is 0 Å². The van der Waals surface area contributed by atoms with Crippen molar-refractivity contribution in [3.05, 3.63) is 64.4 Å². The summed E-state index contributed by atoms with van der Waals surface area (Å²) in [6.45, 7) is 1.85. The van der Waals surface area contributed by atoms with Crippen molar-refractivity contribution in [2.75, 3.05) is 5.32 Å². The van der Waals surface area contributed by atoms with Crippen molar-refractivity contribution >= 4 is 23.8 Å². The van der Waals surface area contributed by atoms with Gasteiger partial charge in [-0.1, -0.05) is 29.8 Å². The van der Waals surface area contributed by atoms with E-state index in [1.807, 2.05) is 31.2 Å². The third-order valence-corrected chi connectivity index (χ3v) is 3.88. The molecule has 2 N–H and O–H groups in total. The monoisotopic (exact) mass is 360 g/mol. The van der Waals surface area contributed by atoms with E-state index in [0.717, 1.165) is 23.3 Å². The summed E-state index contributed by atoms with van der Waals surface area (Å²) < 4.78 is 28.0. The van der Waals surface area contributed by atoms with Gasteiger partial charge in [-0.05, 0) is 31.3 Å². The predicted molar refractivity (Wildman–Crippen MR) is 92.6 cm³/mol. The summed E-state index contributed by atoms with van der Waals surface area (Å²) >= 11 is 5.17. The molecule has 25 heavy (non-hydrogen) atoms. The number of H-pyrrole nitrogens is 1. The molecule has 3 rings (SSSR count). The maximum Gasteiger partial charge on any atom is 0.244 e. The maximum absolute atomic E-state index is 13.2. The first-order valence-corrected chi connectivity index (χ1v) is 7.82. The van der Waals surface area contributed by atoms with Gasteiger partial charge in [0.05, 0.1) is 0 Å². The fourth-order valence-electron chi connectivity index (χ4n) is 2.31. The second-order valence-corrected chi connectivity index (χ2v) is 5.87. The summed E-state index contributed by atoms with van der Waals surface area (Å²) in [6.07, 6.45) is 0. The van der Waals surface area contributed by atoms with Crippen LogP contribution in [0.3, 0.4) is 0 Å². The van der Waals surface area contributed by atoms with Gasteiger partial charge in [0, 0.05) is 17.3 Å². The van der Waals surface area contributed by atoms with Gasteiger partial charge in [-0.3, -0.25) is 14.5 Å². The Labute approximate surface area is 147 Å². The van der Waals surface area contributed by atoms with Crippen LogP contribution in [0.4, 0.5) is 14.5 Å². The predicted octanol–water partition coefficient (Wildman–Crippen LogP) is 3.83. The molecule has 0 fully saturated rings. The number of anilines is 1. The lowest BCUT2D eigenvalue weighted by atomic mass is 10.1. The lowest BCUT2D eigenvalue weighted by molar-refractivity contribution is -0.116. The molecular formula is C17H14F2N4OS. The molecule has 0 radical (unpaired) electrons. The SMILES string of the molecule is Cc1ccc(-c2n[nH]c(=S)n2CC(=O)Nc2ccc(F)c(F)c2)cc1. The number of halogens is 2. The van der Waals surface area contributed by atoms with Crippen molar-refractivity contribution in [1.82, 2.24) is 14.8 Å². The van der Waals surface area contributed by atoms with E-state index in [2.05, 4.69) is 15.5 Å². The second-order valence-electron chi connectivity index (χ2n) is 5.48. The number of aromatic nitrogens is 3. The van der Waals surface area contributed by atoms with Crippen molar-refractivity contribution in [2.24, 2.45) is 0 Å². The molecule has 2 aromatic carbocycles. The van der Waals surface area contributed by atoms with Crippen LogP contribution in [-0.2, 0) is 11.3 Å². The molecule has 1 aromatic heterocycles. The lowest BCUT2D eigenvalue weighted by Gasteiger charge is -2.09. The first kappa shape index (κ1) is 17.0. The van der Waals surface area contributed by atoms with E-state index in [1.165, 1.54) is 10.6 Å². The van der Waals surface area contributed by atoms with Gasteiger partial charge in [0.1, 0.15) is 6.54 Å². The van der Waals surface area contributed by atoms with Crippen LogP contribution < -0.4 is 5.32 Å². The molecule has 128 valence electrons. The molecule has 0 aliphatic rings. The quantitative estimate of drug-likeness (QED) is 0.695. The minimum atomic E-state index is -1.03. The standard InChI is InChI=1S/C17H14F2N4OS/c1-10-2-4-11(5-3-10)16-21-22-17(25)23(16)9-15(24)20-12-6-7-13(18)14(19)8-12/h2-8H,9H2,1H3,(H,20,24)(H,22,25). The number of aryl methyl sites for hydroxylation is 1. The van der Waals surface area contributed by atoms with E-state index in [4.69, 9.17) is 12.2 Å². The Morgan fingerprint density at radius 3 is 2.60 bits per heavy atom. The van der Waals surface area contributed by atoms with Crippen LogP contribution >= 0.6 is 12.2 Å². The van der Waals surface area contributed by atoms with Crippen molar-refractivity contribution in [3.63, 3.8) is 0 Å². The van der Waals surface area contributed by atoms with Crippen molar-refractivity contribution in [3.8, 4) is 11.4 Å². The molecule has 1 heterocycles. The lowest BCUT2D eigenvalue weighted by Crippen LogP contribution is -2.19. The molecule has 0 atom stereocenters. The number of hydrogen-bond donors (Lipinski definition) is 2. The number of carbonyl (C=O) groups excluding carboxylic acids is 1. The first-order chi connectivity index (χ1) is 11.9. The van der Waals surface area contributed by atoms with Crippen LogP contribution in [-0.4, -0.2) is 20.7 Å². The minimum Gasteiger partial charge on any atom is -0.324 e. The zero-order valence-electron chi connectivity index (χ0n) is 13.2. The first-order valence-electron chi connectivity index (χ1n) is 7.41. The Kier molecular flexibility index (Phi) is 4.71. The summed E-state index contributed by atoms with van der Waals surface area (Å²) in [5.41, 5.74) is 2.06. The fraction of sp³-hybridized carbons (Fsp3) is 0.118. The van der Waals surface area contributed by atoms with Gasteiger partial charge in [0.15, 0.2) is 22.2 Å². The number of rotatable bonds is 4. The summed E-state index contributed by atoms with van der Waals surface area (Å²) in [5.74, 6) is -1.92. The highest BCUT2D eigenvalue weighted by molar-refractivity contribution is 7.71. The van der Waals surface area contributed by atoms with Gasteiger partial charge in [-0.15, -0.1) is 0 Å². The molecule has 0 unspecified atom stereocenters. The number of carbonyl (C=O) groups is 1. The molecule has 0 saturated heterocycles. The summed E-state index contributed by atoms with van der Waals surface area (Å²) in [7, 11) is 0. The summed E-state index contributed by atoms with van der Waals surface area (Å²) in [5, 5.41) is 9.33. The molecule has 0 aliphatic heterocycles. The van der Waals surface area contributed by atoms with Crippen LogP contribution in [0.25, 0.3) is 11.4 Å². The molecule has 0 saturated carbocycles. The maximum atomic E-state index is 13.2. The number of nitrogens with zero attached hydrogens (tertiary/aromatic N) is 2. The van der Waals surface area contributed by atoms with Crippen LogP contribution in [0.2, 0.25) is 0 Å². The Morgan fingerprint density at radius 1 is 1.20 bits per heavy atom. The van der Waals surface area contributed by atoms with E-state index in [9.17, 15) is 13.6 Å². The van der Waals surface area contributed by atoms with E-state index < -0.39 is 17.5 Å². The number of benzene rings is 2. The Balaban J connectivity index is 1.81. The smallest absolute Gasteiger partial charge is 0.244 e. The fourth-order valence-corrected chi connectivity index (χ4v) is 2.50. The van der Waals surface area contributed by atoms with Gasteiger partial charge in [-0.2, -0.15) is 5.10 Å². The number of amides is 1. The van der Waals surface area contributed by atoms with Gasteiger partial charge < -0.3 is 5.32 Å². The van der Waals surface area contributed by atoms with Crippen molar-refractivity contribution < 1.29 is 13.6 Å². The van der Waals surface area contributed by atoms with E-state index in [1.54, 1.807) is 0 Å². The largest absolute Gasteiger partial charge is 0.324 e. The van der Waals surface area contributed by atoms with E-state index in [0.29, 0.717) is 5.82 Å².